The van der Waals surface area contributed by atoms with Crippen molar-refractivity contribution in [3.63, 3.8) is 0 Å². The minimum atomic E-state index is -0.970. The summed E-state index contributed by atoms with van der Waals surface area (Å²) in [6, 6.07) is 6.48. The van der Waals surface area contributed by atoms with E-state index in [1.165, 1.54) is 6.07 Å². The molecule has 2 aromatic rings. The molecule has 0 spiro atoms. The zero-order valence-electron chi connectivity index (χ0n) is 10.5. The average molecular weight is 247 g/mol. The molecule has 1 aromatic heterocycles. The number of rotatable bonds is 2. The summed E-state index contributed by atoms with van der Waals surface area (Å²) in [6.45, 7) is 5.21. The number of hydrogen-bond donors (Lipinski definition) is 1. The summed E-state index contributed by atoms with van der Waals surface area (Å²) >= 11 is 0. The number of benzene rings is 1. The molecule has 18 heavy (non-hydrogen) atoms. The predicted molar refractivity (Wildman–Crippen MR) is 66.9 cm³/mol. The van der Waals surface area contributed by atoms with Crippen molar-refractivity contribution >= 4 is 5.97 Å². The molecule has 2 rings (SSSR count). The molecule has 0 fully saturated rings. The zero-order valence-corrected chi connectivity index (χ0v) is 10.5. The van der Waals surface area contributed by atoms with Gasteiger partial charge in [0, 0.05) is 17.1 Å². The summed E-state index contributed by atoms with van der Waals surface area (Å²) in [4.78, 5) is 11.1. The van der Waals surface area contributed by atoms with E-state index < -0.39 is 5.97 Å². The molecule has 1 heterocycles. The first-order valence-electron chi connectivity index (χ1n) is 5.60. The van der Waals surface area contributed by atoms with Gasteiger partial charge in [-0.25, -0.2) is 9.18 Å². The third kappa shape index (κ3) is 1.90. The van der Waals surface area contributed by atoms with Gasteiger partial charge in [-0.05, 0) is 44.5 Å². The predicted octanol–water partition coefficient (Wildman–Crippen LogP) is 3.24. The third-order valence-corrected chi connectivity index (χ3v) is 3.08. The fourth-order valence-electron chi connectivity index (χ4n) is 2.10. The summed E-state index contributed by atoms with van der Waals surface area (Å²) in [5, 5.41) is 9.06. The monoisotopic (exact) mass is 247 g/mol. The molecule has 1 aromatic carbocycles. The summed E-state index contributed by atoms with van der Waals surface area (Å²) in [5.41, 5.74) is 2.82. The Morgan fingerprint density at radius 3 is 2.39 bits per heavy atom. The lowest BCUT2D eigenvalue weighted by Gasteiger charge is -2.10. The number of carboxylic acids is 1. The van der Waals surface area contributed by atoms with E-state index in [1.807, 2.05) is 0 Å². The lowest BCUT2D eigenvalue weighted by atomic mass is 10.2. The number of carboxylic acid groups (broad SMARTS) is 1. The fraction of sp³-hybridized carbons (Fsp3) is 0.214. The van der Waals surface area contributed by atoms with Gasteiger partial charge in [-0.1, -0.05) is 6.07 Å². The maximum absolute atomic E-state index is 13.6. The van der Waals surface area contributed by atoms with Gasteiger partial charge in [-0.15, -0.1) is 0 Å². The van der Waals surface area contributed by atoms with Crippen LogP contribution in [-0.4, -0.2) is 15.6 Å². The standard InChI is InChI=1S/C14H14FNO2/c1-8-4-5-11(7-13(8)15)16-9(2)6-12(10(16)3)14(17)18/h4-7H,1-3H3,(H,17,18). The van der Waals surface area contributed by atoms with Crippen LogP contribution in [0.25, 0.3) is 5.69 Å². The Kier molecular flexibility index (Phi) is 2.95. The number of nitrogens with zero attached hydrogens (tertiary/aromatic N) is 1. The largest absolute Gasteiger partial charge is 0.478 e. The number of hydrogen-bond acceptors (Lipinski definition) is 1. The molecule has 0 bridgehead atoms. The molecule has 0 atom stereocenters. The normalized spacial score (nSPS) is 10.7. The maximum Gasteiger partial charge on any atom is 0.337 e. The van der Waals surface area contributed by atoms with Gasteiger partial charge in [-0.2, -0.15) is 0 Å². The Labute approximate surface area is 104 Å². The Balaban J connectivity index is 2.64. The fourth-order valence-corrected chi connectivity index (χ4v) is 2.10. The van der Waals surface area contributed by atoms with Gasteiger partial charge in [-0.3, -0.25) is 0 Å². The molecule has 0 saturated carbocycles. The average Bonchev–Trinajstić information content (AvgIpc) is 2.59. The Hall–Kier alpha value is -2.10. The van der Waals surface area contributed by atoms with Crippen LogP contribution in [-0.2, 0) is 0 Å². The van der Waals surface area contributed by atoms with Gasteiger partial charge in [0.15, 0.2) is 0 Å². The van der Waals surface area contributed by atoms with E-state index in [4.69, 9.17) is 5.11 Å². The number of aromatic nitrogens is 1. The van der Waals surface area contributed by atoms with Crippen LogP contribution in [0.3, 0.4) is 0 Å². The van der Waals surface area contributed by atoms with Crippen molar-refractivity contribution in [1.29, 1.82) is 0 Å². The van der Waals surface area contributed by atoms with Crippen LogP contribution in [0, 0.1) is 26.6 Å². The molecular formula is C14H14FNO2. The quantitative estimate of drug-likeness (QED) is 0.885. The molecule has 1 N–H and O–H groups in total. The Morgan fingerprint density at radius 1 is 1.22 bits per heavy atom. The zero-order chi connectivity index (χ0) is 13.4. The van der Waals surface area contributed by atoms with Crippen LogP contribution in [0.5, 0.6) is 0 Å². The van der Waals surface area contributed by atoms with E-state index in [9.17, 15) is 9.18 Å². The third-order valence-electron chi connectivity index (χ3n) is 3.08. The molecule has 0 radical (unpaired) electrons. The van der Waals surface area contributed by atoms with Crippen LogP contribution in [0.4, 0.5) is 4.39 Å². The van der Waals surface area contributed by atoms with E-state index in [0.717, 1.165) is 5.69 Å². The molecule has 0 aliphatic carbocycles. The first kappa shape index (κ1) is 12.4. The minimum Gasteiger partial charge on any atom is -0.478 e. The summed E-state index contributed by atoms with van der Waals surface area (Å²) < 4.78 is 15.3. The number of carbonyl (C=O) groups is 1. The SMILES string of the molecule is Cc1ccc(-n2c(C)cc(C(=O)O)c2C)cc1F. The van der Waals surface area contributed by atoms with Crippen LogP contribution in [0.15, 0.2) is 24.3 Å². The van der Waals surface area contributed by atoms with E-state index in [-0.39, 0.29) is 11.4 Å². The molecule has 4 heteroatoms. The lowest BCUT2D eigenvalue weighted by Crippen LogP contribution is -2.03. The number of aromatic carboxylic acids is 1. The Morgan fingerprint density at radius 2 is 1.89 bits per heavy atom. The number of aryl methyl sites for hydroxylation is 2. The smallest absolute Gasteiger partial charge is 0.337 e. The van der Waals surface area contributed by atoms with E-state index in [0.29, 0.717) is 16.9 Å². The van der Waals surface area contributed by atoms with Crippen molar-refractivity contribution in [2.24, 2.45) is 0 Å². The Bertz CT molecular complexity index is 629. The second-order valence-electron chi connectivity index (χ2n) is 4.36. The summed E-state index contributed by atoms with van der Waals surface area (Å²) in [6.07, 6.45) is 0. The molecule has 0 aliphatic heterocycles. The van der Waals surface area contributed by atoms with Gasteiger partial charge in [0.05, 0.1) is 5.56 Å². The topological polar surface area (TPSA) is 42.2 Å². The minimum absolute atomic E-state index is 0.244. The molecular weight excluding hydrogens is 233 g/mol. The first-order chi connectivity index (χ1) is 8.41. The lowest BCUT2D eigenvalue weighted by molar-refractivity contribution is 0.0696. The summed E-state index contributed by atoms with van der Waals surface area (Å²) in [7, 11) is 0. The van der Waals surface area contributed by atoms with Gasteiger partial charge in [0.2, 0.25) is 0 Å². The highest BCUT2D eigenvalue weighted by Crippen LogP contribution is 2.22. The highest BCUT2D eigenvalue weighted by atomic mass is 19.1. The van der Waals surface area contributed by atoms with Crippen molar-refractivity contribution in [3.05, 3.63) is 52.6 Å². The van der Waals surface area contributed by atoms with Crippen molar-refractivity contribution in [1.82, 2.24) is 4.57 Å². The summed E-state index contributed by atoms with van der Waals surface area (Å²) in [5.74, 6) is -1.26. The van der Waals surface area contributed by atoms with Crippen LogP contribution in [0.2, 0.25) is 0 Å². The molecule has 0 unspecified atom stereocenters. The van der Waals surface area contributed by atoms with Gasteiger partial charge < -0.3 is 9.67 Å². The van der Waals surface area contributed by atoms with Crippen molar-refractivity contribution in [3.8, 4) is 5.69 Å². The maximum atomic E-state index is 13.6. The van der Waals surface area contributed by atoms with Crippen molar-refractivity contribution < 1.29 is 14.3 Å². The van der Waals surface area contributed by atoms with Gasteiger partial charge in [0.25, 0.3) is 0 Å². The highest BCUT2D eigenvalue weighted by molar-refractivity contribution is 5.89. The van der Waals surface area contributed by atoms with Gasteiger partial charge in [0.1, 0.15) is 5.82 Å². The van der Waals surface area contributed by atoms with Crippen LogP contribution < -0.4 is 0 Å². The van der Waals surface area contributed by atoms with E-state index in [2.05, 4.69) is 0 Å². The number of halogens is 1. The second kappa shape index (κ2) is 4.29. The molecule has 0 saturated heterocycles. The van der Waals surface area contributed by atoms with E-state index >= 15 is 0 Å². The molecule has 3 nitrogen and oxygen atoms in total. The molecule has 0 amide bonds. The van der Waals surface area contributed by atoms with Gasteiger partial charge >= 0.3 is 5.97 Å². The molecule has 94 valence electrons. The van der Waals surface area contributed by atoms with Crippen molar-refractivity contribution in [2.75, 3.05) is 0 Å². The first-order valence-corrected chi connectivity index (χ1v) is 5.60. The molecule has 0 aliphatic rings. The second-order valence-corrected chi connectivity index (χ2v) is 4.36. The highest BCUT2D eigenvalue weighted by Gasteiger charge is 2.16. The van der Waals surface area contributed by atoms with Crippen LogP contribution in [0.1, 0.15) is 27.3 Å². The van der Waals surface area contributed by atoms with Crippen LogP contribution >= 0.6 is 0 Å². The van der Waals surface area contributed by atoms with E-state index in [1.54, 1.807) is 43.5 Å². The van der Waals surface area contributed by atoms with Crippen molar-refractivity contribution in [2.45, 2.75) is 20.8 Å².